The molecular formula is C18H20O8. The molecule has 0 aromatic heterocycles. The van der Waals surface area contributed by atoms with E-state index in [2.05, 4.69) is 14.5 Å². The van der Waals surface area contributed by atoms with Crippen LogP contribution in [0.25, 0.3) is 0 Å². The van der Waals surface area contributed by atoms with Crippen LogP contribution in [0.15, 0.2) is 18.2 Å². The number of ether oxygens (including phenoxy) is 1. The van der Waals surface area contributed by atoms with Crippen LogP contribution in [0.4, 0.5) is 0 Å². The zero-order valence-electron chi connectivity index (χ0n) is 14.4. The van der Waals surface area contributed by atoms with E-state index in [9.17, 15) is 19.2 Å². The summed E-state index contributed by atoms with van der Waals surface area (Å²) in [5.41, 5.74) is 0.732. The molecule has 0 aliphatic heterocycles. The van der Waals surface area contributed by atoms with Crippen LogP contribution < -0.4 is 0 Å². The molecule has 1 saturated carbocycles. The molecule has 0 saturated heterocycles. The minimum absolute atomic E-state index is 0.0669. The van der Waals surface area contributed by atoms with Gasteiger partial charge in [0.05, 0.1) is 18.2 Å². The van der Waals surface area contributed by atoms with Gasteiger partial charge in [0.15, 0.2) is 0 Å². The second kappa shape index (κ2) is 8.98. The van der Waals surface area contributed by atoms with E-state index in [0.717, 1.165) is 32.8 Å². The van der Waals surface area contributed by atoms with Crippen molar-refractivity contribution < 1.29 is 38.8 Å². The van der Waals surface area contributed by atoms with Crippen molar-refractivity contribution in [3.05, 3.63) is 34.9 Å². The Morgan fingerprint density at radius 2 is 1.77 bits per heavy atom. The van der Waals surface area contributed by atoms with Gasteiger partial charge in [-0.1, -0.05) is 25.7 Å². The Bertz CT molecular complexity index is 703. The molecule has 0 heterocycles. The van der Waals surface area contributed by atoms with E-state index in [1.807, 2.05) is 0 Å². The lowest BCUT2D eigenvalue weighted by Gasteiger charge is -2.13. The number of esters is 1. The standard InChI is InChI=1S/C18H20O8/c1-24-15(19)10-16(20)25-26-18(23)14-7-6-12(17(21)22)9-13(14)8-11-4-2-3-5-11/h6-7,9,11H,2-5,8,10H2,1H3,(H,21,22). The SMILES string of the molecule is COC(=O)CC(=O)OOC(=O)c1ccc(C(=O)O)cc1CC1CCCC1. The van der Waals surface area contributed by atoms with Crippen molar-refractivity contribution in [1.82, 2.24) is 0 Å². The highest BCUT2D eigenvalue weighted by molar-refractivity contribution is 5.95. The normalized spacial score (nSPS) is 13.9. The number of hydrogen-bond donors (Lipinski definition) is 1. The molecule has 26 heavy (non-hydrogen) atoms. The lowest BCUT2D eigenvalue weighted by atomic mass is 9.93. The minimum atomic E-state index is -1.10. The molecule has 1 aromatic carbocycles. The first-order valence-corrected chi connectivity index (χ1v) is 8.25. The average molecular weight is 364 g/mol. The first kappa shape index (κ1) is 19.4. The highest BCUT2D eigenvalue weighted by Crippen LogP contribution is 2.29. The van der Waals surface area contributed by atoms with Gasteiger partial charge >= 0.3 is 23.9 Å². The van der Waals surface area contributed by atoms with Gasteiger partial charge in [0.1, 0.15) is 6.42 Å². The van der Waals surface area contributed by atoms with E-state index in [1.54, 1.807) is 0 Å². The third-order valence-electron chi connectivity index (χ3n) is 4.28. The van der Waals surface area contributed by atoms with Crippen molar-refractivity contribution >= 4 is 23.9 Å². The third kappa shape index (κ3) is 5.30. The van der Waals surface area contributed by atoms with Crippen molar-refractivity contribution in [3.8, 4) is 0 Å². The Balaban J connectivity index is 2.10. The summed E-state index contributed by atoms with van der Waals surface area (Å²) in [6.45, 7) is 0. The maximum absolute atomic E-state index is 12.2. The quantitative estimate of drug-likeness (QED) is 0.354. The fourth-order valence-electron chi connectivity index (χ4n) is 2.97. The van der Waals surface area contributed by atoms with Crippen LogP contribution in [-0.4, -0.2) is 36.1 Å². The van der Waals surface area contributed by atoms with Crippen molar-refractivity contribution in [2.75, 3.05) is 7.11 Å². The molecule has 2 rings (SSSR count). The number of carbonyl (C=O) groups excluding carboxylic acids is 3. The van der Waals surface area contributed by atoms with Crippen LogP contribution in [0.3, 0.4) is 0 Å². The van der Waals surface area contributed by atoms with Crippen molar-refractivity contribution in [2.45, 2.75) is 38.5 Å². The molecule has 1 aliphatic carbocycles. The number of rotatable bonds is 6. The number of benzene rings is 1. The van der Waals surface area contributed by atoms with E-state index >= 15 is 0 Å². The van der Waals surface area contributed by atoms with E-state index in [-0.39, 0.29) is 11.1 Å². The molecule has 1 aromatic rings. The highest BCUT2D eigenvalue weighted by Gasteiger charge is 2.23. The predicted molar refractivity (Wildman–Crippen MR) is 87.2 cm³/mol. The molecule has 0 spiro atoms. The molecule has 1 N–H and O–H groups in total. The molecule has 140 valence electrons. The topological polar surface area (TPSA) is 116 Å². The third-order valence-corrected chi connectivity index (χ3v) is 4.28. The summed E-state index contributed by atoms with van der Waals surface area (Å²) >= 11 is 0. The number of carbonyl (C=O) groups is 4. The summed E-state index contributed by atoms with van der Waals surface area (Å²) in [6.07, 6.45) is 4.10. The number of hydrogen-bond acceptors (Lipinski definition) is 7. The van der Waals surface area contributed by atoms with Gasteiger partial charge in [-0.15, -0.1) is 0 Å². The van der Waals surface area contributed by atoms with Crippen molar-refractivity contribution in [2.24, 2.45) is 5.92 Å². The predicted octanol–water partition coefficient (Wildman–Crippen LogP) is 2.30. The van der Waals surface area contributed by atoms with Crippen molar-refractivity contribution in [3.63, 3.8) is 0 Å². The highest BCUT2D eigenvalue weighted by atomic mass is 17.2. The number of carboxylic acids is 1. The number of aromatic carboxylic acids is 1. The Morgan fingerprint density at radius 1 is 1.08 bits per heavy atom. The van der Waals surface area contributed by atoms with E-state index < -0.39 is 30.3 Å². The van der Waals surface area contributed by atoms with E-state index in [0.29, 0.717) is 17.9 Å². The van der Waals surface area contributed by atoms with Gasteiger partial charge in [-0.3, -0.25) is 4.79 Å². The van der Waals surface area contributed by atoms with Crippen LogP contribution in [0.5, 0.6) is 0 Å². The monoisotopic (exact) mass is 364 g/mol. The maximum atomic E-state index is 12.2. The molecule has 0 bridgehead atoms. The summed E-state index contributed by atoms with van der Waals surface area (Å²) in [6, 6.07) is 4.06. The Kier molecular flexibility index (Phi) is 6.71. The smallest absolute Gasteiger partial charge is 0.386 e. The summed E-state index contributed by atoms with van der Waals surface area (Å²) < 4.78 is 4.31. The van der Waals surface area contributed by atoms with Gasteiger partial charge < -0.3 is 9.84 Å². The zero-order chi connectivity index (χ0) is 19.1. The summed E-state index contributed by atoms with van der Waals surface area (Å²) in [5, 5.41) is 9.15. The first-order chi connectivity index (χ1) is 12.4. The lowest BCUT2D eigenvalue weighted by molar-refractivity contribution is -0.234. The second-order valence-corrected chi connectivity index (χ2v) is 6.11. The van der Waals surface area contributed by atoms with Gasteiger partial charge in [-0.2, -0.15) is 0 Å². The van der Waals surface area contributed by atoms with Crippen LogP contribution in [-0.2, 0) is 30.5 Å². The fraction of sp³-hybridized carbons (Fsp3) is 0.444. The first-order valence-electron chi connectivity index (χ1n) is 8.25. The molecule has 1 fully saturated rings. The summed E-state index contributed by atoms with van der Waals surface area (Å²) in [5.74, 6) is -3.54. The molecule has 0 radical (unpaired) electrons. The Morgan fingerprint density at radius 3 is 2.38 bits per heavy atom. The lowest BCUT2D eigenvalue weighted by Crippen LogP contribution is -2.17. The maximum Gasteiger partial charge on any atom is 0.386 e. The molecule has 1 aliphatic rings. The zero-order valence-corrected chi connectivity index (χ0v) is 14.4. The largest absolute Gasteiger partial charge is 0.478 e. The number of methoxy groups -OCH3 is 1. The number of carboxylic acid groups (broad SMARTS) is 1. The van der Waals surface area contributed by atoms with E-state index in [1.165, 1.54) is 18.2 Å². The van der Waals surface area contributed by atoms with Crippen LogP contribution in [0.1, 0.15) is 58.4 Å². The average Bonchev–Trinajstić information content (AvgIpc) is 3.12. The Labute approximate surface area is 150 Å². The van der Waals surface area contributed by atoms with Gasteiger partial charge in [0, 0.05) is 0 Å². The van der Waals surface area contributed by atoms with Crippen LogP contribution in [0, 0.1) is 5.92 Å². The minimum Gasteiger partial charge on any atom is -0.478 e. The molecular weight excluding hydrogens is 344 g/mol. The molecule has 8 heteroatoms. The Hall–Kier alpha value is -2.90. The van der Waals surface area contributed by atoms with Crippen LogP contribution >= 0.6 is 0 Å². The molecule has 0 atom stereocenters. The molecule has 0 amide bonds. The fourth-order valence-corrected chi connectivity index (χ4v) is 2.97. The summed E-state index contributed by atoms with van der Waals surface area (Å²) in [4.78, 5) is 54.6. The van der Waals surface area contributed by atoms with Gasteiger partial charge in [-0.25, -0.2) is 24.2 Å². The molecule has 8 nitrogen and oxygen atoms in total. The van der Waals surface area contributed by atoms with Gasteiger partial charge in [-0.05, 0) is 36.1 Å². The van der Waals surface area contributed by atoms with Gasteiger partial charge in [0.25, 0.3) is 0 Å². The summed E-state index contributed by atoms with van der Waals surface area (Å²) in [7, 11) is 1.11. The van der Waals surface area contributed by atoms with Crippen LogP contribution in [0.2, 0.25) is 0 Å². The van der Waals surface area contributed by atoms with Crippen molar-refractivity contribution in [1.29, 1.82) is 0 Å². The molecule has 0 unspecified atom stereocenters. The van der Waals surface area contributed by atoms with Gasteiger partial charge in [0.2, 0.25) is 0 Å². The second-order valence-electron chi connectivity index (χ2n) is 6.11. The van der Waals surface area contributed by atoms with E-state index in [4.69, 9.17) is 5.11 Å².